The number of nitrogens with zero attached hydrogens (tertiary/aromatic N) is 3. The van der Waals surface area contributed by atoms with Gasteiger partial charge in [0.05, 0.1) is 5.54 Å². The van der Waals surface area contributed by atoms with Gasteiger partial charge in [0.15, 0.2) is 3.83 Å². The van der Waals surface area contributed by atoms with Gasteiger partial charge in [-0.2, -0.15) is 4.98 Å². The Hall–Kier alpha value is 0.600. The van der Waals surface area contributed by atoms with Crippen molar-refractivity contribution < 1.29 is 0 Å². The Bertz CT molecular complexity index is 261. The summed E-state index contributed by atoms with van der Waals surface area (Å²) in [7, 11) is 0. The van der Waals surface area contributed by atoms with Gasteiger partial charge < -0.3 is 0 Å². The molecule has 0 aromatic carbocycles. The lowest BCUT2D eigenvalue weighted by Crippen LogP contribution is -2.24. The van der Waals surface area contributed by atoms with Gasteiger partial charge in [-0.25, -0.2) is 4.68 Å². The van der Waals surface area contributed by atoms with Crippen molar-refractivity contribution >= 4 is 45.2 Å². The zero-order valence-corrected chi connectivity index (χ0v) is 10.9. The fourth-order valence-corrected chi connectivity index (χ4v) is 2.66. The largest absolute Gasteiger partial charge is 0.235 e. The quantitative estimate of drug-likeness (QED) is 0.650. The first kappa shape index (κ1) is 9.69. The third-order valence-electron chi connectivity index (χ3n) is 1.18. The maximum absolute atomic E-state index is 4.27. The van der Waals surface area contributed by atoms with Gasteiger partial charge in [-0.15, -0.1) is 5.10 Å². The summed E-state index contributed by atoms with van der Waals surface area (Å²) in [6.07, 6.45) is 0. The molecule has 62 valence electrons. The molecule has 0 fully saturated rings. The van der Waals surface area contributed by atoms with E-state index in [9.17, 15) is 0 Å². The summed E-state index contributed by atoms with van der Waals surface area (Å²) in [6.45, 7) is 6.33. The molecule has 1 aromatic heterocycles. The van der Waals surface area contributed by atoms with Crippen molar-refractivity contribution in [2.75, 3.05) is 0 Å². The summed E-state index contributed by atoms with van der Waals surface area (Å²) in [6, 6.07) is 0. The van der Waals surface area contributed by atoms with Gasteiger partial charge in [0, 0.05) is 45.2 Å². The van der Waals surface area contributed by atoms with Crippen LogP contribution in [-0.4, -0.2) is 14.8 Å². The molecule has 5 heteroatoms. The Labute approximate surface area is 93.2 Å². The van der Waals surface area contributed by atoms with Gasteiger partial charge in [-0.05, 0) is 20.8 Å². The van der Waals surface area contributed by atoms with Crippen LogP contribution >= 0.6 is 45.2 Å². The Morgan fingerprint density at radius 2 is 1.82 bits per heavy atom. The molecule has 0 bridgehead atoms. The first-order chi connectivity index (χ1) is 4.91. The fraction of sp³-hybridized carbons (Fsp3) is 0.667. The Morgan fingerprint density at radius 3 is 2.00 bits per heavy atom. The van der Waals surface area contributed by atoms with Crippen molar-refractivity contribution in [3.05, 3.63) is 7.66 Å². The first-order valence-electron chi connectivity index (χ1n) is 3.20. The van der Waals surface area contributed by atoms with Gasteiger partial charge in [0.1, 0.15) is 0 Å². The van der Waals surface area contributed by atoms with E-state index in [1.165, 1.54) is 0 Å². The van der Waals surface area contributed by atoms with Crippen molar-refractivity contribution in [2.45, 2.75) is 26.3 Å². The maximum Gasteiger partial charge on any atom is 0.212 e. The van der Waals surface area contributed by atoms with E-state index in [1.54, 1.807) is 0 Å². The molecule has 0 aliphatic heterocycles. The number of rotatable bonds is 0. The highest BCUT2D eigenvalue weighted by atomic mass is 127. The lowest BCUT2D eigenvalue weighted by atomic mass is 10.1. The Kier molecular flexibility index (Phi) is 2.78. The topological polar surface area (TPSA) is 30.7 Å². The minimum absolute atomic E-state index is 0.0347. The third kappa shape index (κ3) is 2.27. The second kappa shape index (κ2) is 3.15. The third-order valence-corrected chi connectivity index (χ3v) is 2.33. The van der Waals surface area contributed by atoms with Crippen molar-refractivity contribution in [1.82, 2.24) is 14.8 Å². The molecular weight excluding hydrogens is 368 g/mol. The molecule has 0 spiro atoms. The SMILES string of the molecule is CC(C)(C)n1nc(I)nc1I. The lowest BCUT2D eigenvalue weighted by molar-refractivity contribution is 0.345. The molecule has 0 atom stereocenters. The van der Waals surface area contributed by atoms with Gasteiger partial charge in [-0.1, -0.05) is 0 Å². The van der Waals surface area contributed by atoms with E-state index in [0.29, 0.717) is 0 Å². The summed E-state index contributed by atoms with van der Waals surface area (Å²) in [4.78, 5) is 4.20. The van der Waals surface area contributed by atoms with Gasteiger partial charge in [0.2, 0.25) is 3.83 Å². The van der Waals surface area contributed by atoms with E-state index >= 15 is 0 Å². The molecule has 0 unspecified atom stereocenters. The highest BCUT2D eigenvalue weighted by Crippen LogP contribution is 2.16. The lowest BCUT2D eigenvalue weighted by Gasteiger charge is -2.18. The number of aromatic nitrogens is 3. The molecule has 0 saturated carbocycles. The number of halogens is 2. The molecule has 11 heavy (non-hydrogen) atoms. The summed E-state index contributed by atoms with van der Waals surface area (Å²) in [5.74, 6) is 0. The van der Waals surface area contributed by atoms with Crippen molar-refractivity contribution in [2.24, 2.45) is 0 Å². The van der Waals surface area contributed by atoms with Gasteiger partial charge >= 0.3 is 0 Å². The van der Waals surface area contributed by atoms with E-state index in [0.717, 1.165) is 7.66 Å². The molecule has 0 saturated heterocycles. The van der Waals surface area contributed by atoms with Gasteiger partial charge in [0.25, 0.3) is 0 Å². The van der Waals surface area contributed by atoms with Crippen molar-refractivity contribution in [3.63, 3.8) is 0 Å². The minimum Gasteiger partial charge on any atom is -0.235 e. The van der Waals surface area contributed by atoms with Crippen LogP contribution in [0.4, 0.5) is 0 Å². The molecule has 3 nitrogen and oxygen atoms in total. The van der Waals surface area contributed by atoms with Crippen molar-refractivity contribution in [3.8, 4) is 0 Å². The molecule has 0 radical (unpaired) electrons. The molecule has 0 aliphatic carbocycles. The van der Waals surface area contributed by atoms with Crippen LogP contribution in [0.15, 0.2) is 0 Å². The van der Waals surface area contributed by atoms with Crippen LogP contribution < -0.4 is 0 Å². The summed E-state index contributed by atoms with van der Waals surface area (Å²) in [5, 5.41) is 4.27. The Morgan fingerprint density at radius 1 is 1.27 bits per heavy atom. The second-order valence-corrected chi connectivity index (χ2v) is 5.16. The van der Waals surface area contributed by atoms with Crippen LogP contribution in [0.5, 0.6) is 0 Å². The monoisotopic (exact) mass is 377 g/mol. The van der Waals surface area contributed by atoms with E-state index in [1.807, 2.05) is 4.68 Å². The molecule has 0 N–H and O–H groups in total. The average Bonchev–Trinajstić information content (AvgIpc) is 2.08. The van der Waals surface area contributed by atoms with Crippen LogP contribution in [0.3, 0.4) is 0 Å². The first-order valence-corrected chi connectivity index (χ1v) is 5.35. The predicted octanol–water partition coefficient (Wildman–Crippen LogP) is 2.24. The van der Waals surface area contributed by atoms with Crippen LogP contribution in [0.2, 0.25) is 0 Å². The molecular formula is C6H9I2N3. The normalized spacial score (nSPS) is 12.1. The smallest absolute Gasteiger partial charge is 0.212 e. The van der Waals surface area contributed by atoms with E-state index in [2.05, 4.69) is 76.0 Å². The summed E-state index contributed by atoms with van der Waals surface area (Å²) in [5.41, 5.74) is 0.0347. The second-order valence-electron chi connectivity index (χ2n) is 3.23. The number of hydrogen-bond donors (Lipinski definition) is 0. The average molecular weight is 377 g/mol. The minimum atomic E-state index is 0.0347. The van der Waals surface area contributed by atoms with E-state index in [4.69, 9.17) is 0 Å². The predicted molar refractivity (Wildman–Crippen MR) is 60.5 cm³/mol. The zero-order chi connectivity index (χ0) is 8.65. The molecule has 1 aromatic rings. The van der Waals surface area contributed by atoms with Crippen LogP contribution in [0.25, 0.3) is 0 Å². The highest BCUT2D eigenvalue weighted by Gasteiger charge is 2.18. The molecule has 0 aliphatic rings. The van der Waals surface area contributed by atoms with E-state index < -0.39 is 0 Å². The molecule has 1 heterocycles. The fourth-order valence-electron chi connectivity index (χ4n) is 0.696. The van der Waals surface area contributed by atoms with Crippen LogP contribution in [-0.2, 0) is 5.54 Å². The standard InChI is InChI=1S/C6H9I2N3/c1-6(2,3)11-5(8)9-4(7)10-11/h1-3H3. The van der Waals surface area contributed by atoms with E-state index in [-0.39, 0.29) is 5.54 Å². The summed E-state index contributed by atoms with van der Waals surface area (Å²) < 4.78 is 3.68. The summed E-state index contributed by atoms with van der Waals surface area (Å²) >= 11 is 4.31. The highest BCUT2D eigenvalue weighted by molar-refractivity contribution is 14.1. The van der Waals surface area contributed by atoms with Crippen molar-refractivity contribution in [1.29, 1.82) is 0 Å². The van der Waals surface area contributed by atoms with Crippen LogP contribution in [0, 0.1) is 7.66 Å². The number of hydrogen-bond acceptors (Lipinski definition) is 2. The molecule has 1 rings (SSSR count). The molecule has 0 amide bonds. The Balaban J connectivity index is 3.13. The van der Waals surface area contributed by atoms with Crippen LogP contribution in [0.1, 0.15) is 20.8 Å². The zero-order valence-electron chi connectivity index (χ0n) is 6.60. The maximum atomic E-state index is 4.27. The van der Waals surface area contributed by atoms with Gasteiger partial charge in [-0.3, -0.25) is 0 Å².